The van der Waals surface area contributed by atoms with Crippen LogP contribution in [0.3, 0.4) is 0 Å². The average Bonchev–Trinajstić information content (AvgIpc) is 2.60. The van der Waals surface area contributed by atoms with E-state index in [1.165, 1.54) is 12.8 Å². The number of hydrogen-bond donors (Lipinski definition) is 0. The summed E-state index contributed by atoms with van der Waals surface area (Å²) in [6.07, 6.45) is 8.19. The predicted molar refractivity (Wildman–Crippen MR) is 49.3 cm³/mol. The van der Waals surface area contributed by atoms with Crippen LogP contribution in [0.15, 0.2) is 0 Å². The van der Waals surface area contributed by atoms with E-state index in [1.807, 2.05) is 0 Å². The maximum absolute atomic E-state index is 11.9. The van der Waals surface area contributed by atoms with Crippen molar-refractivity contribution in [2.75, 3.05) is 0 Å². The zero-order chi connectivity index (χ0) is 9.31. The molecule has 1 spiro atoms. The van der Waals surface area contributed by atoms with Crippen LogP contribution >= 0.6 is 0 Å². The number of carbonyl (C=O) groups excluding carboxylic acids is 2. The van der Waals surface area contributed by atoms with E-state index in [2.05, 4.69) is 0 Å². The fourth-order valence-electron chi connectivity index (χ4n) is 2.99. The van der Waals surface area contributed by atoms with Gasteiger partial charge in [0.2, 0.25) is 0 Å². The molecule has 1 atom stereocenters. The van der Waals surface area contributed by atoms with Gasteiger partial charge >= 0.3 is 0 Å². The summed E-state index contributed by atoms with van der Waals surface area (Å²) in [6, 6.07) is 0. The van der Waals surface area contributed by atoms with Crippen LogP contribution in [0.2, 0.25) is 0 Å². The minimum Gasteiger partial charge on any atom is -0.303 e. The van der Waals surface area contributed by atoms with Gasteiger partial charge in [-0.3, -0.25) is 4.79 Å². The highest BCUT2D eigenvalue weighted by Crippen LogP contribution is 2.47. The summed E-state index contributed by atoms with van der Waals surface area (Å²) in [5, 5.41) is 0. The van der Waals surface area contributed by atoms with Gasteiger partial charge in [0.25, 0.3) is 0 Å². The molecule has 0 aromatic heterocycles. The summed E-state index contributed by atoms with van der Waals surface area (Å²) in [4.78, 5) is 22.6. The molecule has 0 amide bonds. The SMILES string of the molecule is O=CC1CCCC2(CCCC2)C1=O. The normalized spacial score (nSPS) is 32.3. The van der Waals surface area contributed by atoms with Crippen molar-refractivity contribution in [2.24, 2.45) is 11.3 Å². The number of aldehydes is 1. The first kappa shape index (κ1) is 8.92. The molecule has 2 fully saturated rings. The second-order valence-electron chi connectivity index (χ2n) is 4.49. The van der Waals surface area contributed by atoms with Crippen molar-refractivity contribution >= 4 is 12.1 Å². The Balaban J connectivity index is 2.18. The summed E-state index contributed by atoms with van der Waals surface area (Å²) in [7, 11) is 0. The third-order valence-electron chi connectivity index (χ3n) is 3.75. The highest BCUT2D eigenvalue weighted by atomic mass is 16.1. The van der Waals surface area contributed by atoms with Gasteiger partial charge in [0.15, 0.2) is 0 Å². The number of hydrogen-bond acceptors (Lipinski definition) is 2. The average molecular weight is 180 g/mol. The Kier molecular flexibility index (Phi) is 2.22. The van der Waals surface area contributed by atoms with Gasteiger partial charge in [-0.15, -0.1) is 0 Å². The van der Waals surface area contributed by atoms with Crippen molar-refractivity contribution in [3.05, 3.63) is 0 Å². The minimum atomic E-state index is -0.271. The van der Waals surface area contributed by atoms with Crippen molar-refractivity contribution in [1.29, 1.82) is 0 Å². The molecule has 2 rings (SSSR count). The lowest BCUT2D eigenvalue weighted by Crippen LogP contribution is -2.38. The molecule has 2 saturated carbocycles. The van der Waals surface area contributed by atoms with E-state index in [4.69, 9.17) is 0 Å². The van der Waals surface area contributed by atoms with E-state index < -0.39 is 0 Å². The summed E-state index contributed by atoms with van der Waals surface area (Å²) >= 11 is 0. The van der Waals surface area contributed by atoms with Crippen LogP contribution < -0.4 is 0 Å². The molecule has 2 nitrogen and oxygen atoms in total. The van der Waals surface area contributed by atoms with Gasteiger partial charge < -0.3 is 4.79 Å². The molecule has 72 valence electrons. The first-order chi connectivity index (χ1) is 6.28. The second-order valence-corrected chi connectivity index (χ2v) is 4.49. The van der Waals surface area contributed by atoms with Crippen LogP contribution in [0.25, 0.3) is 0 Å². The molecule has 2 aliphatic rings. The predicted octanol–water partition coefficient (Wildman–Crippen LogP) is 2.11. The van der Waals surface area contributed by atoms with Crippen molar-refractivity contribution in [3.8, 4) is 0 Å². The van der Waals surface area contributed by atoms with Crippen LogP contribution in [0.1, 0.15) is 44.9 Å². The van der Waals surface area contributed by atoms with Crippen LogP contribution in [0, 0.1) is 11.3 Å². The largest absolute Gasteiger partial charge is 0.303 e. The third kappa shape index (κ3) is 1.32. The van der Waals surface area contributed by atoms with Crippen LogP contribution in [0.5, 0.6) is 0 Å². The number of rotatable bonds is 1. The fraction of sp³-hybridized carbons (Fsp3) is 0.818. The molecule has 0 saturated heterocycles. The molecule has 2 heteroatoms. The number of Topliss-reactive ketones (excluding diaryl/α,β-unsaturated/α-hetero) is 1. The van der Waals surface area contributed by atoms with Crippen molar-refractivity contribution < 1.29 is 9.59 Å². The first-order valence-corrected chi connectivity index (χ1v) is 5.28. The Morgan fingerprint density at radius 3 is 2.38 bits per heavy atom. The van der Waals surface area contributed by atoms with Crippen LogP contribution in [0.4, 0.5) is 0 Å². The highest BCUT2D eigenvalue weighted by molar-refractivity contribution is 5.97. The third-order valence-corrected chi connectivity index (χ3v) is 3.75. The van der Waals surface area contributed by atoms with Gasteiger partial charge in [-0.25, -0.2) is 0 Å². The molecule has 0 aromatic carbocycles. The molecule has 0 heterocycles. The van der Waals surface area contributed by atoms with Crippen molar-refractivity contribution in [3.63, 3.8) is 0 Å². The smallest absolute Gasteiger partial charge is 0.149 e. The molecule has 0 aromatic rings. The molecule has 1 unspecified atom stereocenters. The summed E-state index contributed by atoms with van der Waals surface area (Å²) in [5.41, 5.74) is -0.0656. The quantitative estimate of drug-likeness (QED) is 0.457. The Hall–Kier alpha value is -0.660. The molecule has 2 aliphatic carbocycles. The van der Waals surface area contributed by atoms with Gasteiger partial charge in [0.05, 0.1) is 5.92 Å². The van der Waals surface area contributed by atoms with E-state index in [0.29, 0.717) is 0 Å². The zero-order valence-corrected chi connectivity index (χ0v) is 7.92. The van der Waals surface area contributed by atoms with Gasteiger partial charge in [-0.1, -0.05) is 19.3 Å². The van der Waals surface area contributed by atoms with Crippen LogP contribution in [-0.2, 0) is 9.59 Å². The van der Waals surface area contributed by atoms with E-state index in [9.17, 15) is 9.59 Å². The number of carbonyl (C=O) groups is 2. The Bertz CT molecular complexity index is 226. The van der Waals surface area contributed by atoms with E-state index >= 15 is 0 Å². The van der Waals surface area contributed by atoms with Crippen molar-refractivity contribution in [1.82, 2.24) is 0 Å². The lowest BCUT2D eigenvalue weighted by Gasteiger charge is -2.34. The Morgan fingerprint density at radius 2 is 1.77 bits per heavy atom. The van der Waals surface area contributed by atoms with Crippen LogP contribution in [-0.4, -0.2) is 12.1 Å². The van der Waals surface area contributed by atoms with Crippen molar-refractivity contribution in [2.45, 2.75) is 44.9 Å². The molecule has 0 radical (unpaired) electrons. The fourth-order valence-corrected chi connectivity index (χ4v) is 2.99. The van der Waals surface area contributed by atoms with E-state index in [1.54, 1.807) is 0 Å². The topological polar surface area (TPSA) is 34.1 Å². The summed E-state index contributed by atoms with van der Waals surface area (Å²) in [5.74, 6) is -0.0156. The van der Waals surface area contributed by atoms with E-state index in [0.717, 1.165) is 38.4 Å². The monoisotopic (exact) mass is 180 g/mol. The molecular formula is C11H16O2. The Labute approximate surface area is 78.7 Å². The standard InChI is InChI=1S/C11H16O2/c12-8-9-4-3-7-11(10(9)13)5-1-2-6-11/h8-9H,1-7H2. The zero-order valence-electron chi connectivity index (χ0n) is 7.92. The van der Waals surface area contributed by atoms with Gasteiger partial charge in [-0.05, 0) is 25.7 Å². The Morgan fingerprint density at radius 1 is 1.15 bits per heavy atom. The summed E-state index contributed by atoms with van der Waals surface area (Å²) in [6.45, 7) is 0. The number of ketones is 1. The lowest BCUT2D eigenvalue weighted by atomic mass is 9.68. The molecule has 13 heavy (non-hydrogen) atoms. The molecule has 0 N–H and O–H groups in total. The van der Waals surface area contributed by atoms with Gasteiger partial charge in [0.1, 0.15) is 12.1 Å². The molecule has 0 aliphatic heterocycles. The van der Waals surface area contributed by atoms with E-state index in [-0.39, 0.29) is 17.1 Å². The first-order valence-electron chi connectivity index (χ1n) is 5.28. The molecular weight excluding hydrogens is 164 g/mol. The van der Waals surface area contributed by atoms with Gasteiger partial charge in [0, 0.05) is 5.41 Å². The molecule has 0 bridgehead atoms. The minimum absolute atomic E-state index is 0.0656. The highest BCUT2D eigenvalue weighted by Gasteiger charge is 2.45. The summed E-state index contributed by atoms with van der Waals surface area (Å²) < 4.78 is 0. The second kappa shape index (κ2) is 3.24. The lowest BCUT2D eigenvalue weighted by molar-refractivity contribution is -0.138. The van der Waals surface area contributed by atoms with Gasteiger partial charge in [-0.2, -0.15) is 0 Å². The maximum atomic E-state index is 11.9. The maximum Gasteiger partial charge on any atom is 0.149 e.